The molecule has 32 heavy (non-hydrogen) atoms. The number of aromatic amines is 1. The Morgan fingerprint density at radius 1 is 1.06 bits per heavy atom. The van der Waals surface area contributed by atoms with Gasteiger partial charge in [-0.3, -0.25) is 14.5 Å². The van der Waals surface area contributed by atoms with Gasteiger partial charge in [-0.1, -0.05) is 55.8 Å². The van der Waals surface area contributed by atoms with Gasteiger partial charge >= 0.3 is 0 Å². The second-order valence-corrected chi connectivity index (χ2v) is 8.29. The Labute approximate surface area is 194 Å². The van der Waals surface area contributed by atoms with E-state index in [-0.39, 0.29) is 17.9 Å². The van der Waals surface area contributed by atoms with E-state index in [0.29, 0.717) is 23.6 Å². The van der Waals surface area contributed by atoms with Crippen molar-refractivity contribution >= 4 is 34.3 Å². The zero-order valence-corrected chi connectivity index (χ0v) is 19.6. The first-order valence-electron chi connectivity index (χ1n) is 11.1. The molecule has 170 valence electrons. The number of H-pyrrole nitrogens is 1. The van der Waals surface area contributed by atoms with Crippen LogP contribution >= 0.6 is 11.6 Å². The lowest BCUT2D eigenvalue weighted by molar-refractivity contribution is -0.123. The average molecular weight is 455 g/mol. The van der Waals surface area contributed by atoms with Gasteiger partial charge < -0.3 is 15.6 Å². The molecule has 6 nitrogen and oxygen atoms in total. The van der Waals surface area contributed by atoms with Crippen molar-refractivity contribution in [2.75, 3.05) is 19.6 Å². The molecule has 7 heteroatoms. The topological polar surface area (TPSA) is 77.2 Å². The molecule has 0 radical (unpaired) electrons. The molecule has 2 atom stereocenters. The van der Waals surface area contributed by atoms with Crippen LogP contribution < -0.4 is 10.6 Å². The van der Waals surface area contributed by atoms with E-state index >= 15 is 0 Å². The molecule has 0 spiro atoms. The summed E-state index contributed by atoms with van der Waals surface area (Å²) in [6.45, 7) is 8.62. The van der Waals surface area contributed by atoms with Crippen LogP contribution in [-0.2, 0) is 11.2 Å². The number of aromatic nitrogens is 1. The highest BCUT2D eigenvalue weighted by Crippen LogP contribution is 2.20. The summed E-state index contributed by atoms with van der Waals surface area (Å²) in [7, 11) is 0. The molecule has 0 aliphatic rings. The van der Waals surface area contributed by atoms with Gasteiger partial charge in [0.2, 0.25) is 5.91 Å². The summed E-state index contributed by atoms with van der Waals surface area (Å²) >= 11 is 6.20. The highest BCUT2D eigenvalue weighted by atomic mass is 35.5. The summed E-state index contributed by atoms with van der Waals surface area (Å²) in [5, 5.41) is 7.31. The van der Waals surface area contributed by atoms with Crippen LogP contribution in [0.15, 0.2) is 54.7 Å². The smallest absolute Gasteiger partial charge is 0.253 e. The fourth-order valence-corrected chi connectivity index (χ4v) is 4.18. The number of halogens is 1. The van der Waals surface area contributed by atoms with E-state index in [0.717, 1.165) is 29.6 Å². The maximum absolute atomic E-state index is 13.2. The molecule has 1 aromatic heterocycles. The highest BCUT2D eigenvalue weighted by Gasteiger charge is 2.24. The largest absolute Gasteiger partial charge is 0.361 e. The summed E-state index contributed by atoms with van der Waals surface area (Å²) in [5.74, 6) is -0.581. The van der Waals surface area contributed by atoms with Crippen molar-refractivity contribution in [2.45, 2.75) is 39.3 Å². The monoisotopic (exact) mass is 454 g/mol. The number of carbonyl (C=O) groups is 2. The normalized spacial score (nSPS) is 13.2. The molecular weight excluding hydrogens is 424 g/mol. The average Bonchev–Trinajstić information content (AvgIpc) is 3.21. The summed E-state index contributed by atoms with van der Waals surface area (Å²) in [4.78, 5) is 31.6. The molecule has 2 amide bonds. The van der Waals surface area contributed by atoms with Gasteiger partial charge in [0.1, 0.15) is 6.04 Å². The maximum Gasteiger partial charge on any atom is 0.253 e. The van der Waals surface area contributed by atoms with E-state index in [1.54, 1.807) is 24.3 Å². The van der Waals surface area contributed by atoms with Gasteiger partial charge in [0, 0.05) is 36.1 Å². The number of nitrogens with one attached hydrogen (secondary N) is 3. The first-order valence-corrected chi connectivity index (χ1v) is 11.4. The molecule has 0 aliphatic carbocycles. The molecule has 3 rings (SSSR count). The molecule has 3 N–H and O–H groups in total. The first kappa shape index (κ1) is 23.8. The van der Waals surface area contributed by atoms with Crippen molar-refractivity contribution in [1.29, 1.82) is 0 Å². The number of fused-ring (bicyclic) bond motifs is 1. The Morgan fingerprint density at radius 3 is 2.47 bits per heavy atom. The lowest BCUT2D eigenvalue weighted by atomic mass is 10.0. The van der Waals surface area contributed by atoms with Gasteiger partial charge in [0.15, 0.2) is 0 Å². The van der Waals surface area contributed by atoms with Gasteiger partial charge in [0.05, 0.1) is 10.6 Å². The van der Waals surface area contributed by atoms with E-state index in [4.69, 9.17) is 11.6 Å². The molecule has 1 heterocycles. The van der Waals surface area contributed by atoms with Crippen molar-refractivity contribution in [2.24, 2.45) is 0 Å². The number of nitrogens with zero attached hydrogens (tertiary/aromatic N) is 1. The molecule has 2 unspecified atom stereocenters. The van der Waals surface area contributed by atoms with Crippen LogP contribution in [-0.4, -0.2) is 53.4 Å². The first-order chi connectivity index (χ1) is 15.4. The van der Waals surface area contributed by atoms with E-state index < -0.39 is 6.04 Å². The van der Waals surface area contributed by atoms with Crippen LogP contribution in [0, 0.1) is 0 Å². The number of amides is 2. The van der Waals surface area contributed by atoms with Crippen LogP contribution in [0.2, 0.25) is 5.02 Å². The Morgan fingerprint density at radius 2 is 1.75 bits per heavy atom. The Kier molecular flexibility index (Phi) is 8.31. The number of hydrogen-bond acceptors (Lipinski definition) is 3. The number of likely N-dealkylation sites (N-methyl/N-ethyl adjacent to an activating group) is 1. The van der Waals surface area contributed by atoms with E-state index in [2.05, 4.69) is 41.3 Å². The minimum Gasteiger partial charge on any atom is -0.361 e. The van der Waals surface area contributed by atoms with Crippen molar-refractivity contribution in [3.05, 3.63) is 70.9 Å². The highest BCUT2D eigenvalue weighted by molar-refractivity contribution is 6.33. The number of carbonyl (C=O) groups excluding carboxylic acids is 2. The van der Waals surface area contributed by atoms with Gasteiger partial charge in [0.25, 0.3) is 5.91 Å². The predicted octanol–water partition coefficient (Wildman–Crippen LogP) is 4.01. The second-order valence-electron chi connectivity index (χ2n) is 7.88. The molecule has 0 fully saturated rings. The standard InChI is InChI=1S/C25H31ClN4O2/c1-4-30(5-2)17(3)15-28-25(32)23(29-24(31)20-11-6-8-12-21(20)26)14-18-16-27-22-13-9-7-10-19(18)22/h6-13,16-17,23,27H,4-5,14-15H2,1-3H3,(H,28,32)(H,29,31). The molecule has 0 saturated heterocycles. The summed E-state index contributed by atoms with van der Waals surface area (Å²) in [6.07, 6.45) is 2.26. The third-order valence-corrected chi connectivity index (χ3v) is 6.18. The van der Waals surface area contributed by atoms with Gasteiger partial charge in [-0.05, 0) is 43.8 Å². The Balaban J connectivity index is 1.79. The predicted molar refractivity (Wildman–Crippen MR) is 130 cm³/mol. The fourth-order valence-electron chi connectivity index (χ4n) is 3.96. The van der Waals surface area contributed by atoms with E-state index in [1.807, 2.05) is 30.5 Å². The van der Waals surface area contributed by atoms with Crippen molar-refractivity contribution in [1.82, 2.24) is 20.5 Å². The number of rotatable bonds is 10. The van der Waals surface area contributed by atoms with Crippen molar-refractivity contribution in [3.63, 3.8) is 0 Å². The molecule has 2 aromatic carbocycles. The third-order valence-electron chi connectivity index (χ3n) is 5.85. The second kappa shape index (κ2) is 11.2. The summed E-state index contributed by atoms with van der Waals surface area (Å²) in [5.41, 5.74) is 2.31. The maximum atomic E-state index is 13.2. The molecule has 3 aromatic rings. The van der Waals surface area contributed by atoms with Crippen LogP contribution in [0.25, 0.3) is 10.9 Å². The van der Waals surface area contributed by atoms with Gasteiger partial charge in [-0.2, -0.15) is 0 Å². The van der Waals surface area contributed by atoms with Crippen LogP contribution in [0.3, 0.4) is 0 Å². The van der Waals surface area contributed by atoms with Crippen LogP contribution in [0.5, 0.6) is 0 Å². The summed E-state index contributed by atoms with van der Waals surface area (Å²) in [6, 6.07) is 14.2. The minimum atomic E-state index is -0.734. The lowest BCUT2D eigenvalue weighted by Crippen LogP contribution is -2.51. The molecule has 0 aliphatic heterocycles. The lowest BCUT2D eigenvalue weighted by Gasteiger charge is -2.27. The fraction of sp³-hybridized carbons (Fsp3) is 0.360. The number of hydrogen-bond donors (Lipinski definition) is 3. The quantitative estimate of drug-likeness (QED) is 0.433. The Bertz CT molecular complexity index is 1060. The zero-order chi connectivity index (χ0) is 23.1. The van der Waals surface area contributed by atoms with Crippen LogP contribution in [0.4, 0.5) is 0 Å². The number of para-hydroxylation sites is 1. The Hall–Kier alpha value is -2.83. The van der Waals surface area contributed by atoms with Crippen molar-refractivity contribution < 1.29 is 9.59 Å². The minimum absolute atomic E-state index is 0.196. The SMILES string of the molecule is CCN(CC)C(C)CNC(=O)C(Cc1c[nH]c2ccccc12)NC(=O)c1ccccc1Cl. The number of benzene rings is 2. The van der Waals surface area contributed by atoms with E-state index in [1.165, 1.54) is 0 Å². The van der Waals surface area contributed by atoms with Crippen molar-refractivity contribution in [3.8, 4) is 0 Å². The molecule has 0 saturated carbocycles. The van der Waals surface area contributed by atoms with Gasteiger partial charge in [-0.15, -0.1) is 0 Å². The van der Waals surface area contributed by atoms with Crippen LogP contribution in [0.1, 0.15) is 36.7 Å². The van der Waals surface area contributed by atoms with E-state index in [9.17, 15) is 9.59 Å². The molecular formula is C25H31ClN4O2. The zero-order valence-electron chi connectivity index (χ0n) is 18.8. The van der Waals surface area contributed by atoms with Gasteiger partial charge in [-0.25, -0.2) is 0 Å². The third kappa shape index (κ3) is 5.69. The molecule has 0 bridgehead atoms. The summed E-state index contributed by atoms with van der Waals surface area (Å²) < 4.78 is 0.